The first-order chi connectivity index (χ1) is 7.63. The number of aliphatic hydroxyl groups excluding tert-OH is 1. The molecule has 2 saturated carbocycles. The average molecular weight is 225 g/mol. The Bertz CT molecular complexity index is 225. The van der Waals surface area contributed by atoms with Gasteiger partial charge >= 0.3 is 0 Å². The van der Waals surface area contributed by atoms with E-state index in [1.165, 1.54) is 44.9 Å². The Morgan fingerprint density at radius 2 is 2.06 bits per heavy atom. The second-order valence-electron chi connectivity index (χ2n) is 6.45. The molecule has 0 aromatic rings. The minimum Gasteiger partial charge on any atom is -0.394 e. The smallest absolute Gasteiger partial charge is 0.0613 e. The SMILES string of the molecule is CC(C)CC1CCCC(CO)(NC2CC2)C1. The third-order valence-corrected chi connectivity index (χ3v) is 4.14. The molecule has 0 bridgehead atoms. The Kier molecular flexibility index (Phi) is 3.91. The van der Waals surface area contributed by atoms with Crippen LogP contribution < -0.4 is 5.32 Å². The summed E-state index contributed by atoms with van der Waals surface area (Å²) in [4.78, 5) is 0. The number of rotatable bonds is 5. The molecule has 0 saturated heterocycles. The molecule has 0 heterocycles. The fourth-order valence-corrected chi connectivity index (χ4v) is 3.33. The highest BCUT2D eigenvalue weighted by molar-refractivity contribution is 4.98. The summed E-state index contributed by atoms with van der Waals surface area (Å²) in [6.45, 7) is 4.95. The van der Waals surface area contributed by atoms with Gasteiger partial charge in [0.2, 0.25) is 0 Å². The van der Waals surface area contributed by atoms with Gasteiger partial charge in [0.15, 0.2) is 0 Å². The average Bonchev–Trinajstić information content (AvgIpc) is 3.01. The highest BCUT2D eigenvalue weighted by Crippen LogP contribution is 2.37. The van der Waals surface area contributed by atoms with Crippen LogP contribution in [-0.4, -0.2) is 23.3 Å². The molecule has 2 aliphatic carbocycles. The highest BCUT2D eigenvalue weighted by atomic mass is 16.3. The van der Waals surface area contributed by atoms with Crippen molar-refractivity contribution in [3.63, 3.8) is 0 Å². The van der Waals surface area contributed by atoms with Gasteiger partial charge in [0.1, 0.15) is 0 Å². The summed E-state index contributed by atoms with van der Waals surface area (Å²) in [5.41, 5.74) is 0.0684. The van der Waals surface area contributed by atoms with Gasteiger partial charge in [-0.1, -0.05) is 26.7 Å². The predicted molar refractivity (Wildman–Crippen MR) is 67.4 cm³/mol. The molecule has 16 heavy (non-hydrogen) atoms. The van der Waals surface area contributed by atoms with Crippen LogP contribution >= 0.6 is 0 Å². The summed E-state index contributed by atoms with van der Waals surface area (Å²) in [5, 5.41) is 13.4. The standard InChI is InChI=1S/C14H27NO/c1-11(2)8-12-4-3-7-14(9-12,10-16)15-13-5-6-13/h11-13,15-16H,3-10H2,1-2H3. The van der Waals surface area contributed by atoms with Crippen molar-refractivity contribution in [2.75, 3.05) is 6.61 Å². The van der Waals surface area contributed by atoms with Crippen LogP contribution in [0.5, 0.6) is 0 Å². The lowest BCUT2D eigenvalue weighted by Gasteiger charge is -2.41. The van der Waals surface area contributed by atoms with Crippen molar-refractivity contribution >= 4 is 0 Å². The maximum absolute atomic E-state index is 9.71. The van der Waals surface area contributed by atoms with Crippen molar-refractivity contribution in [1.29, 1.82) is 0 Å². The van der Waals surface area contributed by atoms with Crippen LogP contribution in [-0.2, 0) is 0 Å². The van der Waals surface area contributed by atoms with Crippen molar-refractivity contribution < 1.29 is 5.11 Å². The van der Waals surface area contributed by atoms with Crippen LogP contribution in [0.1, 0.15) is 58.8 Å². The lowest BCUT2D eigenvalue weighted by molar-refractivity contribution is 0.0872. The molecule has 0 spiro atoms. The van der Waals surface area contributed by atoms with E-state index in [4.69, 9.17) is 0 Å². The zero-order valence-electron chi connectivity index (χ0n) is 10.8. The van der Waals surface area contributed by atoms with E-state index in [0.717, 1.165) is 11.8 Å². The van der Waals surface area contributed by atoms with Crippen molar-refractivity contribution in [3.05, 3.63) is 0 Å². The monoisotopic (exact) mass is 225 g/mol. The summed E-state index contributed by atoms with van der Waals surface area (Å²) in [5.74, 6) is 1.62. The molecule has 94 valence electrons. The molecule has 0 aromatic heterocycles. The van der Waals surface area contributed by atoms with Crippen LogP contribution in [0.3, 0.4) is 0 Å². The van der Waals surface area contributed by atoms with Crippen LogP contribution in [0.25, 0.3) is 0 Å². The Balaban J connectivity index is 1.90. The van der Waals surface area contributed by atoms with E-state index < -0.39 is 0 Å². The second kappa shape index (κ2) is 5.05. The minimum absolute atomic E-state index is 0.0684. The van der Waals surface area contributed by atoms with Crippen molar-refractivity contribution in [3.8, 4) is 0 Å². The van der Waals surface area contributed by atoms with Crippen LogP contribution in [0.2, 0.25) is 0 Å². The second-order valence-corrected chi connectivity index (χ2v) is 6.45. The highest BCUT2D eigenvalue weighted by Gasteiger charge is 2.39. The lowest BCUT2D eigenvalue weighted by atomic mass is 9.73. The Morgan fingerprint density at radius 1 is 1.31 bits per heavy atom. The molecule has 2 nitrogen and oxygen atoms in total. The quantitative estimate of drug-likeness (QED) is 0.754. The van der Waals surface area contributed by atoms with Gasteiger partial charge in [0.25, 0.3) is 0 Å². The maximum Gasteiger partial charge on any atom is 0.0613 e. The van der Waals surface area contributed by atoms with Gasteiger partial charge in [-0.15, -0.1) is 0 Å². The van der Waals surface area contributed by atoms with E-state index >= 15 is 0 Å². The van der Waals surface area contributed by atoms with Crippen molar-refractivity contribution in [2.45, 2.75) is 70.4 Å². The molecule has 2 aliphatic rings. The van der Waals surface area contributed by atoms with Crippen LogP contribution in [0.15, 0.2) is 0 Å². The molecule has 2 N–H and O–H groups in total. The lowest BCUT2D eigenvalue weighted by Crippen LogP contribution is -2.52. The number of aliphatic hydroxyl groups is 1. The van der Waals surface area contributed by atoms with Gasteiger partial charge in [-0.3, -0.25) is 0 Å². The van der Waals surface area contributed by atoms with Crippen molar-refractivity contribution in [1.82, 2.24) is 5.32 Å². The van der Waals surface area contributed by atoms with Crippen LogP contribution in [0, 0.1) is 11.8 Å². The van der Waals surface area contributed by atoms with Gasteiger partial charge in [0.05, 0.1) is 6.61 Å². The predicted octanol–water partition coefficient (Wildman–Crippen LogP) is 2.71. The summed E-state index contributed by atoms with van der Waals surface area (Å²) < 4.78 is 0. The number of hydrogen-bond donors (Lipinski definition) is 2. The van der Waals surface area contributed by atoms with Crippen molar-refractivity contribution in [2.24, 2.45) is 11.8 Å². The molecular weight excluding hydrogens is 198 g/mol. The molecule has 2 fully saturated rings. The molecule has 2 rings (SSSR count). The van der Waals surface area contributed by atoms with E-state index in [1.54, 1.807) is 0 Å². The summed E-state index contributed by atoms with van der Waals surface area (Å²) in [6, 6.07) is 0.713. The first-order valence-electron chi connectivity index (χ1n) is 7.02. The van der Waals surface area contributed by atoms with E-state index in [1.807, 2.05) is 0 Å². The van der Waals surface area contributed by atoms with E-state index in [9.17, 15) is 5.11 Å². The topological polar surface area (TPSA) is 32.3 Å². The van der Waals surface area contributed by atoms with Gasteiger partial charge in [-0.05, 0) is 43.9 Å². The normalized spacial score (nSPS) is 35.6. The van der Waals surface area contributed by atoms with E-state index in [-0.39, 0.29) is 5.54 Å². The molecule has 2 unspecified atom stereocenters. The van der Waals surface area contributed by atoms with Gasteiger partial charge in [-0.25, -0.2) is 0 Å². The van der Waals surface area contributed by atoms with Crippen LogP contribution in [0.4, 0.5) is 0 Å². The molecule has 0 amide bonds. The summed E-state index contributed by atoms with van der Waals surface area (Å²) >= 11 is 0. The third-order valence-electron chi connectivity index (χ3n) is 4.14. The third kappa shape index (κ3) is 3.21. The number of nitrogens with one attached hydrogen (secondary N) is 1. The first kappa shape index (κ1) is 12.4. The molecule has 0 aromatic carbocycles. The van der Waals surface area contributed by atoms with Gasteiger partial charge in [0, 0.05) is 11.6 Å². The zero-order chi connectivity index (χ0) is 11.6. The summed E-state index contributed by atoms with van der Waals surface area (Å²) in [7, 11) is 0. The molecule has 2 heteroatoms. The van der Waals surface area contributed by atoms with Gasteiger partial charge in [-0.2, -0.15) is 0 Å². The fraction of sp³-hybridized carbons (Fsp3) is 1.00. The maximum atomic E-state index is 9.71. The Labute approximate surface area is 99.8 Å². The van der Waals surface area contributed by atoms with Gasteiger partial charge < -0.3 is 10.4 Å². The molecule has 2 atom stereocenters. The van der Waals surface area contributed by atoms with E-state index in [0.29, 0.717) is 12.6 Å². The molecular formula is C14H27NO. The minimum atomic E-state index is 0.0684. The fourth-order valence-electron chi connectivity index (χ4n) is 3.33. The Hall–Kier alpha value is -0.0800. The van der Waals surface area contributed by atoms with E-state index in [2.05, 4.69) is 19.2 Å². The first-order valence-corrected chi connectivity index (χ1v) is 7.02. The molecule has 0 aliphatic heterocycles. The summed E-state index contributed by atoms with van der Waals surface area (Å²) in [6.07, 6.45) is 8.98. The number of hydrogen-bond acceptors (Lipinski definition) is 2. The Morgan fingerprint density at radius 3 is 2.62 bits per heavy atom. The zero-order valence-corrected chi connectivity index (χ0v) is 10.8. The largest absolute Gasteiger partial charge is 0.394 e. The molecule has 0 radical (unpaired) electrons.